The maximum atomic E-state index is 10.5. The van der Waals surface area contributed by atoms with Crippen LogP contribution < -0.4 is 11.1 Å². The highest BCUT2D eigenvalue weighted by molar-refractivity contribution is 5.83. The molecule has 0 aromatic heterocycles. The van der Waals surface area contributed by atoms with E-state index in [4.69, 9.17) is 10.5 Å². The molecule has 2 aromatic carbocycles. The quantitative estimate of drug-likeness (QED) is 0.632. The number of nitrogens with one attached hydrogen (secondary N) is 1. The number of benzene rings is 2. The summed E-state index contributed by atoms with van der Waals surface area (Å²) in [6, 6.07) is 14.0. The topological polar surface area (TPSA) is 84.6 Å². The lowest BCUT2D eigenvalue weighted by Crippen LogP contribution is -2.27. The van der Waals surface area contributed by atoms with Gasteiger partial charge in [-0.25, -0.2) is 0 Å². The summed E-state index contributed by atoms with van der Waals surface area (Å²) in [4.78, 5) is 10.5. The Bertz CT molecular complexity index is 601. The van der Waals surface area contributed by atoms with Gasteiger partial charge in [-0.1, -0.05) is 36.4 Å². The standard InChI is InChI=1S/C16H20N2O3/c17-16(20)11-21-8-7-18-10-15(19)14-6-5-12-3-1-2-4-13(12)9-14/h1-6,9,15,18-19H,7-8,10-11H2,(H2,17,20). The van der Waals surface area contributed by atoms with Gasteiger partial charge in [0.25, 0.3) is 0 Å². The largest absolute Gasteiger partial charge is 0.387 e. The van der Waals surface area contributed by atoms with E-state index in [0.29, 0.717) is 19.7 Å². The molecule has 1 unspecified atom stereocenters. The van der Waals surface area contributed by atoms with E-state index >= 15 is 0 Å². The Labute approximate surface area is 123 Å². The molecule has 5 nitrogen and oxygen atoms in total. The highest BCUT2D eigenvalue weighted by Crippen LogP contribution is 2.19. The van der Waals surface area contributed by atoms with Crippen LogP contribution in [0.25, 0.3) is 10.8 Å². The molecule has 5 heteroatoms. The fraction of sp³-hybridized carbons (Fsp3) is 0.312. The smallest absolute Gasteiger partial charge is 0.243 e. The number of carbonyl (C=O) groups is 1. The maximum absolute atomic E-state index is 10.5. The zero-order valence-corrected chi connectivity index (χ0v) is 11.8. The first kappa shape index (κ1) is 15.4. The van der Waals surface area contributed by atoms with E-state index in [2.05, 4.69) is 5.32 Å². The molecule has 0 spiro atoms. The highest BCUT2D eigenvalue weighted by Gasteiger charge is 2.07. The van der Waals surface area contributed by atoms with Gasteiger partial charge in [0.05, 0.1) is 12.7 Å². The Kier molecular flexibility index (Phi) is 5.68. The van der Waals surface area contributed by atoms with Crippen molar-refractivity contribution in [2.75, 3.05) is 26.3 Å². The molecule has 0 aliphatic heterocycles. The zero-order chi connectivity index (χ0) is 15.1. The third-order valence-corrected chi connectivity index (χ3v) is 3.16. The number of fused-ring (bicyclic) bond motifs is 1. The first-order chi connectivity index (χ1) is 10.2. The first-order valence-electron chi connectivity index (χ1n) is 6.90. The first-order valence-corrected chi connectivity index (χ1v) is 6.90. The number of hydrogen-bond acceptors (Lipinski definition) is 4. The number of aliphatic hydroxyl groups is 1. The number of ether oxygens (including phenoxy) is 1. The van der Waals surface area contributed by atoms with Crippen molar-refractivity contribution in [3.8, 4) is 0 Å². The molecule has 2 rings (SSSR count). The molecule has 1 atom stereocenters. The van der Waals surface area contributed by atoms with Crippen LogP contribution in [0.1, 0.15) is 11.7 Å². The number of hydrogen-bond donors (Lipinski definition) is 3. The highest BCUT2D eigenvalue weighted by atomic mass is 16.5. The molecule has 0 saturated carbocycles. The second-order valence-corrected chi connectivity index (χ2v) is 4.85. The van der Waals surface area contributed by atoms with Crippen molar-refractivity contribution < 1.29 is 14.6 Å². The van der Waals surface area contributed by atoms with Crippen LogP contribution in [-0.2, 0) is 9.53 Å². The van der Waals surface area contributed by atoms with Crippen LogP contribution in [0, 0.1) is 0 Å². The number of primary amides is 1. The summed E-state index contributed by atoms with van der Waals surface area (Å²) in [5.74, 6) is -0.480. The van der Waals surface area contributed by atoms with Gasteiger partial charge in [-0.3, -0.25) is 4.79 Å². The Morgan fingerprint density at radius 1 is 1.24 bits per heavy atom. The predicted octanol–water partition coefficient (Wildman–Crippen LogP) is 0.965. The molecule has 4 N–H and O–H groups in total. The van der Waals surface area contributed by atoms with Crippen molar-refractivity contribution in [2.24, 2.45) is 5.73 Å². The molecule has 0 aliphatic carbocycles. The molecule has 0 radical (unpaired) electrons. The van der Waals surface area contributed by atoms with Crippen molar-refractivity contribution in [3.63, 3.8) is 0 Å². The van der Waals surface area contributed by atoms with E-state index in [1.807, 2.05) is 42.5 Å². The molecule has 0 saturated heterocycles. The normalized spacial score (nSPS) is 12.4. The van der Waals surface area contributed by atoms with Gasteiger partial charge in [0.1, 0.15) is 6.61 Å². The van der Waals surface area contributed by atoms with Gasteiger partial charge < -0.3 is 20.9 Å². The van der Waals surface area contributed by atoms with E-state index in [-0.39, 0.29) is 6.61 Å². The van der Waals surface area contributed by atoms with Crippen LogP contribution in [0.15, 0.2) is 42.5 Å². The minimum absolute atomic E-state index is 0.0745. The number of nitrogens with two attached hydrogens (primary N) is 1. The monoisotopic (exact) mass is 288 g/mol. The minimum Gasteiger partial charge on any atom is -0.387 e. The molecule has 0 bridgehead atoms. The molecule has 0 heterocycles. The molecule has 2 aromatic rings. The summed E-state index contributed by atoms with van der Waals surface area (Å²) in [5, 5.41) is 15.5. The SMILES string of the molecule is NC(=O)COCCNCC(O)c1ccc2ccccc2c1. The van der Waals surface area contributed by atoms with Crippen LogP contribution in [0.4, 0.5) is 0 Å². The van der Waals surface area contributed by atoms with Gasteiger partial charge in [0.15, 0.2) is 0 Å². The summed E-state index contributed by atoms with van der Waals surface area (Å²) < 4.78 is 5.02. The van der Waals surface area contributed by atoms with Crippen molar-refractivity contribution >= 4 is 16.7 Å². The van der Waals surface area contributed by atoms with Gasteiger partial charge >= 0.3 is 0 Å². The van der Waals surface area contributed by atoms with Crippen molar-refractivity contribution in [2.45, 2.75) is 6.10 Å². The van der Waals surface area contributed by atoms with E-state index in [9.17, 15) is 9.90 Å². The fourth-order valence-corrected chi connectivity index (χ4v) is 2.09. The van der Waals surface area contributed by atoms with Crippen LogP contribution in [0.3, 0.4) is 0 Å². The number of aliphatic hydroxyl groups excluding tert-OH is 1. The lowest BCUT2D eigenvalue weighted by Gasteiger charge is -2.13. The Morgan fingerprint density at radius 2 is 2.00 bits per heavy atom. The molecule has 1 amide bonds. The third-order valence-electron chi connectivity index (χ3n) is 3.16. The van der Waals surface area contributed by atoms with E-state index in [1.54, 1.807) is 0 Å². The van der Waals surface area contributed by atoms with Crippen molar-refractivity contribution in [3.05, 3.63) is 48.0 Å². The van der Waals surface area contributed by atoms with E-state index in [1.165, 1.54) is 0 Å². The predicted molar refractivity (Wildman–Crippen MR) is 81.8 cm³/mol. The lowest BCUT2D eigenvalue weighted by molar-refractivity contribution is -0.122. The summed E-state index contributed by atoms with van der Waals surface area (Å²) in [6.07, 6.45) is -0.578. The molecular weight excluding hydrogens is 268 g/mol. The average molecular weight is 288 g/mol. The number of rotatable bonds is 8. The lowest BCUT2D eigenvalue weighted by atomic mass is 10.0. The molecule has 112 valence electrons. The van der Waals surface area contributed by atoms with Crippen molar-refractivity contribution in [1.29, 1.82) is 0 Å². The van der Waals surface area contributed by atoms with Crippen LogP contribution >= 0.6 is 0 Å². The molecule has 0 aliphatic rings. The van der Waals surface area contributed by atoms with E-state index in [0.717, 1.165) is 16.3 Å². The molecular formula is C16H20N2O3. The Hall–Kier alpha value is -1.95. The van der Waals surface area contributed by atoms with E-state index < -0.39 is 12.0 Å². The number of amides is 1. The summed E-state index contributed by atoms with van der Waals surface area (Å²) in [7, 11) is 0. The maximum Gasteiger partial charge on any atom is 0.243 e. The van der Waals surface area contributed by atoms with Gasteiger partial charge in [0.2, 0.25) is 5.91 Å². The van der Waals surface area contributed by atoms with Gasteiger partial charge in [-0.15, -0.1) is 0 Å². The van der Waals surface area contributed by atoms with Crippen molar-refractivity contribution in [1.82, 2.24) is 5.32 Å². The second kappa shape index (κ2) is 7.73. The van der Waals surface area contributed by atoms with Crippen LogP contribution in [0.2, 0.25) is 0 Å². The van der Waals surface area contributed by atoms with Crippen LogP contribution in [0.5, 0.6) is 0 Å². The van der Waals surface area contributed by atoms with Gasteiger partial charge in [-0.2, -0.15) is 0 Å². The number of carbonyl (C=O) groups excluding carboxylic acids is 1. The zero-order valence-electron chi connectivity index (χ0n) is 11.8. The Morgan fingerprint density at radius 3 is 2.76 bits per heavy atom. The third kappa shape index (κ3) is 4.82. The summed E-state index contributed by atoms with van der Waals surface area (Å²) in [6.45, 7) is 1.29. The average Bonchev–Trinajstić information content (AvgIpc) is 2.49. The fourth-order valence-electron chi connectivity index (χ4n) is 2.09. The van der Waals surface area contributed by atoms with Gasteiger partial charge in [-0.05, 0) is 22.4 Å². The Balaban J connectivity index is 1.79. The summed E-state index contributed by atoms with van der Waals surface area (Å²) in [5.41, 5.74) is 5.83. The second-order valence-electron chi connectivity index (χ2n) is 4.85. The van der Waals surface area contributed by atoms with Crippen LogP contribution in [-0.4, -0.2) is 37.3 Å². The minimum atomic E-state index is -0.578. The van der Waals surface area contributed by atoms with Gasteiger partial charge in [0, 0.05) is 13.1 Å². The summed E-state index contributed by atoms with van der Waals surface area (Å²) >= 11 is 0. The molecule has 21 heavy (non-hydrogen) atoms. The molecule has 0 fully saturated rings.